The molecule has 0 fully saturated rings. The maximum atomic E-state index is 6.31. The Bertz CT molecular complexity index is 1030. The third-order valence-corrected chi connectivity index (χ3v) is 4.84. The highest BCUT2D eigenvalue weighted by molar-refractivity contribution is 5.83. The molecule has 0 saturated carbocycles. The van der Waals surface area contributed by atoms with Gasteiger partial charge in [-0.3, -0.25) is 9.97 Å². The summed E-state index contributed by atoms with van der Waals surface area (Å²) < 4.78 is 5.91. The molecule has 0 aliphatic rings. The van der Waals surface area contributed by atoms with Gasteiger partial charge >= 0.3 is 0 Å². The molecule has 4 aromatic rings. The van der Waals surface area contributed by atoms with Crippen LogP contribution in [0.3, 0.4) is 0 Å². The van der Waals surface area contributed by atoms with Gasteiger partial charge < -0.3 is 15.5 Å². The normalized spacial score (nSPS) is 12.2. The number of aromatic nitrogens is 3. The van der Waals surface area contributed by atoms with Crippen LogP contribution in [0.25, 0.3) is 10.9 Å². The number of nitrogens with zero attached hydrogens (tertiary/aromatic N) is 2. The zero-order valence-electron chi connectivity index (χ0n) is 15.7. The van der Waals surface area contributed by atoms with Gasteiger partial charge in [0.05, 0.1) is 6.20 Å². The van der Waals surface area contributed by atoms with Gasteiger partial charge in [0, 0.05) is 41.7 Å². The molecule has 3 aromatic heterocycles. The minimum atomic E-state index is -0.0836. The number of nitrogens with two attached hydrogens (primary N) is 1. The first-order valence-electron chi connectivity index (χ1n) is 9.54. The number of rotatable bonds is 8. The van der Waals surface area contributed by atoms with Crippen molar-refractivity contribution in [1.29, 1.82) is 0 Å². The molecule has 0 bridgehead atoms. The number of hydrogen-bond donors (Lipinski definition) is 2. The molecular formula is C23H24N4O. The highest BCUT2D eigenvalue weighted by atomic mass is 16.5. The van der Waals surface area contributed by atoms with Crippen LogP contribution in [0.15, 0.2) is 73.4 Å². The summed E-state index contributed by atoms with van der Waals surface area (Å²) in [6, 6.07) is 14.3. The van der Waals surface area contributed by atoms with Crippen molar-refractivity contribution >= 4 is 10.9 Å². The predicted octanol–water partition coefficient (Wildman–Crippen LogP) is 3.69. The van der Waals surface area contributed by atoms with E-state index in [0.717, 1.165) is 36.1 Å². The second-order valence-corrected chi connectivity index (χ2v) is 7.02. The van der Waals surface area contributed by atoms with E-state index in [1.54, 1.807) is 6.20 Å². The molecule has 5 nitrogen and oxygen atoms in total. The second kappa shape index (κ2) is 8.67. The van der Waals surface area contributed by atoms with Crippen LogP contribution in [0, 0.1) is 0 Å². The molecular weight excluding hydrogens is 348 g/mol. The van der Waals surface area contributed by atoms with Crippen molar-refractivity contribution in [2.75, 3.05) is 6.61 Å². The molecule has 0 radical (unpaired) electrons. The zero-order chi connectivity index (χ0) is 19.2. The lowest BCUT2D eigenvalue weighted by Gasteiger charge is -2.13. The van der Waals surface area contributed by atoms with Crippen molar-refractivity contribution in [3.8, 4) is 5.75 Å². The van der Waals surface area contributed by atoms with Crippen LogP contribution >= 0.6 is 0 Å². The van der Waals surface area contributed by atoms with E-state index in [2.05, 4.69) is 27.1 Å². The van der Waals surface area contributed by atoms with E-state index in [4.69, 9.17) is 10.5 Å². The molecule has 5 heteroatoms. The lowest BCUT2D eigenvalue weighted by Crippen LogP contribution is -2.30. The number of H-pyrrole nitrogens is 1. The van der Waals surface area contributed by atoms with Gasteiger partial charge in [-0.2, -0.15) is 0 Å². The number of aromatic amines is 1. The van der Waals surface area contributed by atoms with E-state index in [1.807, 2.05) is 55.1 Å². The first-order valence-corrected chi connectivity index (χ1v) is 9.54. The fourth-order valence-electron chi connectivity index (χ4n) is 3.36. The lowest BCUT2D eigenvalue weighted by molar-refractivity contribution is 0.286. The first-order chi connectivity index (χ1) is 13.8. The smallest absolute Gasteiger partial charge is 0.137 e. The molecule has 0 amide bonds. The number of aryl methyl sites for hydroxylation is 2. The van der Waals surface area contributed by atoms with Gasteiger partial charge in [-0.05, 0) is 60.2 Å². The van der Waals surface area contributed by atoms with Crippen LogP contribution in [0.4, 0.5) is 0 Å². The van der Waals surface area contributed by atoms with Crippen molar-refractivity contribution in [2.24, 2.45) is 5.73 Å². The van der Waals surface area contributed by atoms with Crippen LogP contribution in [0.5, 0.6) is 5.75 Å². The summed E-state index contributed by atoms with van der Waals surface area (Å²) in [7, 11) is 0. The molecule has 0 spiro atoms. The monoisotopic (exact) mass is 372 g/mol. The quantitative estimate of drug-likeness (QED) is 0.494. The van der Waals surface area contributed by atoms with E-state index >= 15 is 0 Å². The Labute approximate surface area is 164 Å². The Morgan fingerprint density at radius 3 is 2.68 bits per heavy atom. The van der Waals surface area contributed by atoms with Gasteiger partial charge in [-0.15, -0.1) is 0 Å². The molecule has 0 saturated heterocycles. The molecule has 4 rings (SSSR count). The Morgan fingerprint density at radius 2 is 1.79 bits per heavy atom. The molecule has 28 heavy (non-hydrogen) atoms. The highest BCUT2D eigenvalue weighted by Crippen LogP contribution is 2.19. The van der Waals surface area contributed by atoms with E-state index in [1.165, 1.54) is 16.5 Å². The number of benzene rings is 1. The lowest BCUT2D eigenvalue weighted by atomic mass is 10.1. The first kappa shape index (κ1) is 18.2. The summed E-state index contributed by atoms with van der Waals surface area (Å²) in [4.78, 5) is 11.7. The predicted molar refractivity (Wildman–Crippen MR) is 111 cm³/mol. The molecule has 0 aliphatic carbocycles. The maximum Gasteiger partial charge on any atom is 0.137 e. The number of nitrogens with one attached hydrogen (secondary N) is 1. The van der Waals surface area contributed by atoms with Crippen molar-refractivity contribution < 1.29 is 4.74 Å². The Hall–Kier alpha value is -3.18. The van der Waals surface area contributed by atoms with Crippen LogP contribution in [-0.2, 0) is 19.3 Å². The number of para-hydroxylation sites is 1. The third-order valence-electron chi connectivity index (χ3n) is 4.84. The van der Waals surface area contributed by atoms with Crippen molar-refractivity contribution in [1.82, 2.24) is 15.0 Å². The van der Waals surface area contributed by atoms with Gasteiger partial charge in [-0.1, -0.05) is 18.2 Å². The topological polar surface area (TPSA) is 76.8 Å². The SMILES string of the molecule is N[C@H](COc1cncc(CCc2ccncc2)c1)Cc1c[nH]c2ccccc12. The Balaban J connectivity index is 1.31. The largest absolute Gasteiger partial charge is 0.490 e. The number of fused-ring (bicyclic) bond motifs is 1. The average molecular weight is 372 g/mol. The second-order valence-electron chi connectivity index (χ2n) is 7.02. The van der Waals surface area contributed by atoms with E-state index in [0.29, 0.717) is 6.61 Å². The standard InChI is InChI=1S/C23H24N4O/c24-20(12-19-14-27-23-4-2-1-3-22(19)23)16-28-21-11-18(13-26-15-21)6-5-17-7-9-25-10-8-17/h1-4,7-11,13-15,20,27H,5-6,12,16,24H2/t20-/m0/s1. The minimum Gasteiger partial charge on any atom is -0.490 e. The molecule has 3 N–H and O–H groups in total. The van der Waals surface area contributed by atoms with Crippen LogP contribution in [0.1, 0.15) is 16.7 Å². The van der Waals surface area contributed by atoms with E-state index in [-0.39, 0.29) is 6.04 Å². The van der Waals surface area contributed by atoms with Gasteiger partial charge in [0.2, 0.25) is 0 Å². The van der Waals surface area contributed by atoms with E-state index < -0.39 is 0 Å². The summed E-state index contributed by atoms with van der Waals surface area (Å²) in [5.41, 5.74) is 11.1. The molecule has 0 aliphatic heterocycles. The minimum absolute atomic E-state index is 0.0836. The molecule has 3 heterocycles. The summed E-state index contributed by atoms with van der Waals surface area (Å²) in [5, 5.41) is 1.22. The molecule has 1 atom stereocenters. The van der Waals surface area contributed by atoms with Gasteiger partial charge in [0.15, 0.2) is 0 Å². The van der Waals surface area contributed by atoms with Crippen LogP contribution in [0.2, 0.25) is 0 Å². The van der Waals surface area contributed by atoms with Gasteiger partial charge in [-0.25, -0.2) is 0 Å². The summed E-state index contributed by atoms with van der Waals surface area (Å²) in [6.07, 6.45) is 11.9. The fourth-order valence-corrected chi connectivity index (χ4v) is 3.36. The molecule has 1 aromatic carbocycles. The highest BCUT2D eigenvalue weighted by Gasteiger charge is 2.10. The van der Waals surface area contributed by atoms with Crippen molar-refractivity contribution in [3.63, 3.8) is 0 Å². The molecule has 0 unspecified atom stereocenters. The average Bonchev–Trinajstić information content (AvgIpc) is 3.15. The Kier molecular flexibility index (Phi) is 5.64. The maximum absolute atomic E-state index is 6.31. The summed E-state index contributed by atoms with van der Waals surface area (Å²) in [6.45, 7) is 0.453. The molecule has 142 valence electrons. The number of ether oxygens (including phenoxy) is 1. The van der Waals surface area contributed by atoms with Crippen LogP contribution in [-0.4, -0.2) is 27.6 Å². The van der Waals surface area contributed by atoms with E-state index in [9.17, 15) is 0 Å². The van der Waals surface area contributed by atoms with Crippen molar-refractivity contribution in [3.05, 3.63) is 90.1 Å². The number of hydrogen-bond acceptors (Lipinski definition) is 4. The Morgan fingerprint density at radius 1 is 0.964 bits per heavy atom. The van der Waals surface area contributed by atoms with Gasteiger partial charge in [0.25, 0.3) is 0 Å². The number of pyridine rings is 2. The third kappa shape index (κ3) is 4.56. The summed E-state index contributed by atoms with van der Waals surface area (Å²) in [5.74, 6) is 0.765. The fraction of sp³-hybridized carbons (Fsp3) is 0.217. The van der Waals surface area contributed by atoms with Crippen LogP contribution < -0.4 is 10.5 Å². The van der Waals surface area contributed by atoms with Gasteiger partial charge in [0.1, 0.15) is 12.4 Å². The van der Waals surface area contributed by atoms with Crippen molar-refractivity contribution in [2.45, 2.75) is 25.3 Å². The zero-order valence-corrected chi connectivity index (χ0v) is 15.7. The summed E-state index contributed by atoms with van der Waals surface area (Å²) >= 11 is 0.